The minimum absolute atomic E-state index is 0.0196. The first-order chi connectivity index (χ1) is 29.7. The van der Waals surface area contributed by atoms with Crippen LogP contribution in [0.25, 0.3) is 9.81 Å². The Morgan fingerprint density at radius 1 is 0.698 bits per heavy atom. The van der Waals surface area contributed by atoms with Crippen LogP contribution in [0.4, 0.5) is 0 Å². The van der Waals surface area contributed by atoms with E-state index in [4.69, 9.17) is 9.47 Å². The second kappa shape index (κ2) is 20.1. The van der Waals surface area contributed by atoms with Crippen LogP contribution >= 0.6 is 10.8 Å². The number of rotatable bonds is 16. The number of hydrogen-bond acceptors (Lipinski definition) is 12. The van der Waals surface area contributed by atoms with Crippen molar-refractivity contribution in [2.24, 2.45) is 0 Å². The lowest BCUT2D eigenvalue weighted by Gasteiger charge is -2.45. The van der Waals surface area contributed by atoms with E-state index in [0.29, 0.717) is 67.3 Å². The first-order valence-electron chi connectivity index (χ1n) is 20.5. The van der Waals surface area contributed by atoms with Gasteiger partial charge in [-0.2, -0.15) is 0 Å². The predicted molar refractivity (Wildman–Crippen MR) is 245 cm³/mol. The molecule has 0 spiro atoms. The van der Waals surface area contributed by atoms with Crippen LogP contribution in [0.15, 0.2) is 121 Å². The molecule has 0 bridgehead atoms. The normalized spacial score (nSPS) is 16.9. The number of nitrogens with zero attached hydrogens (tertiary/aromatic N) is 3. The Kier molecular flexibility index (Phi) is 15.4. The van der Waals surface area contributed by atoms with Gasteiger partial charge in [-0.25, -0.2) is 17.0 Å². The molecule has 0 saturated heterocycles. The lowest BCUT2D eigenvalue weighted by Crippen LogP contribution is -2.46. The van der Waals surface area contributed by atoms with Gasteiger partial charge < -0.3 is 25.2 Å². The lowest BCUT2D eigenvalue weighted by molar-refractivity contribution is -0.138. The smallest absolute Gasteiger partial charge is 0.310 e. The number of ether oxygens (including phenoxy) is 2. The van der Waals surface area contributed by atoms with E-state index in [1.165, 1.54) is 0 Å². The Bertz CT molecular complexity index is 2420. The second-order valence-corrected chi connectivity index (χ2v) is 20.3. The Hall–Kier alpha value is -5.88. The second-order valence-electron chi connectivity index (χ2n) is 16.8. The van der Waals surface area contributed by atoms with Gasteiger partial charge in [0.05, 0.1) is 36.4 Å². The first-order valence-corrected chi connectivity index (χ1v) is 23.4. The molecule has 0 radical (unpaired) electrons. The third kappa shape index (κ3) is 11.4. The highest BCUT2D eigenvalue weighted by molar-refractivity contribution is 8.31. The number of carboxylic acids is 1. The van der Waals surface area contributed by atoms with E-state index >= 15 is 0 Å². The van der Waals surface area contributed by atoms with Crippen molar-refractivity contribution in [2.45, 2.75) is 78.3 Å². The quantitative estimate of drug-likeness (QED) is 0.0685. The van der Waals surface area contributed by atoms with E-state index in [0.717, 1.165) is 8.61 Å². The maximum Gasteiger partial charge on any atom is 0.310 e. The molecule has 3 aromatic carbocycles. The molecule has 63 heavy (non-hydrogen) atoms. The molecule has 0 fully saturated rings. The average Bonchev–Trinajstić information content (AvgIpc) is 3.57. The van der Waals surface area contributed by atoms with Gasteiger partial charge in [-0.15, -0.1) is 0 Å². The van der Waals surface area contributed by atoms with Crippen LogP contribution in [0, 0.1) is 0 Å². The van der Waals surface area contributed by atoms with Crippen LogP contribution in [0.3, 0.4) is 0 Å². The molecule has 3 heterocycles. The summed E-state index contributed by atoms with van der Waals surface area (Å²) in [7, 11) is -7.48. The minimum Gasteiger partial charge on any atom is -0.494 e. The Morgan fingerprint density at radius 2 is 1.19 bits per heavy atom. The number of benzene rings is 3. The number of carbonyl (C=O) groups excluding carboxylic acids is 2. The van der Waals surface area contributed by atoms with Gasteiger partial charge in [0.2, 0.25) is 0 Å². The number of aromatic nitrogens is 1. The summed E-state index contributed by atoms with van der Waals surface area (Å²) in [5, 5.41) is 15.3. The van der Waals surface area contributed by atoms with Gasteiger partial charge in [0, 0.05) is 24.8 Å². The third-order valence-corrected chi connectivity index (χ3v) is 14.1. The standard InChI is InChI=1S/C25H32N2O6S.C21H25N3O4S/c1-17(24(29)30)19-12-8-13-20(16-19)33-15-9-14-26-21-22(18-10-6-5-7-11-18)34(31,32)27(23(21)28)25(2,3)4;1-21(2,3)24-20(25)18(19(29(24,26)27)16-9-5-4-6-10-16)23-13-8-14-28-17-11-7-12-22-15-17/h5-8,10-13,16-17,26,31-32H,9,14-15H2,1-4H3,(H,29,30);4-7,9-12,15,23H,8,13-14H2,1-3H3. The van der Waals surface area contributed by atoms with Gasteiger partial charge in [-0.05, 0) is 96.7 Å². The summed E-state index contributed by atoms with van der Waals surface area (Å²) in [4.78, 5) is 41.6. The van der Waals surface area contributed by atoms with Crippen molar-refractivity contribution in [3.63, 3.8) is 0 Å². The largest absolute Gasteiger partial charge is 0.494 e. The van der Waals surface area contributed by atoms with Gasteiger partial charge in [0.25, 0.3) is 21.8 Å². The molecular weight excluding hydrogens is 847 g/mol. The number of nitrogens with one attached hydrogen (secondary N) is 2. The van der Waals surface area contributed by atoms with Crippen LogP contribution in [-0.4, -0.2) is 91.4 Å². The summed E-state index contributed by atoms with van der Waals surface area (Å²) in [6.45, 7) is 13.5. The number of carbonyl (C=O) groups is 3. The fourth-order valence-corrected chi connectivity index (χ4v) is 11.1. The highest BCUT2D eigenvalue weighted by Gasteiger charge is 2.50. The highest BCUT2D eigenvalue weighted by Crippen LogP contribution is 2.64. The Morgan fingerprint density at radius 3 is 1.70 bits per heavy atom. The maximum absolute atomic E-state index is 13.2. The molecule has 15 nitrogen and oxygen atoms in total. The van der Waals surface area contributed by atoms with Crippen molar-refractivity contribution in [3.8, 4) is 11.5 Å². The molecule has 6 rings (SSSR count). The minimum atomic E-state index is -3.96. The van der Waals surface area contributed by atoms with Gasteiger partial charge in [0.1, 0.15) is 32.7 Å². The van der Waals surface area contributed by atoms with Crippen LogP contribution in [-0.2, 0) is 24.4 Å². The molecule has 1 aromatic heterocycles. The number of carboxylic acid groups (broad SMARTS) is 1. The van der Waals surface area contributed by atoms with Crippen molar-refractivity contribution in [1.82, 2.24) is 24.2 Å². The van der Waals surface area contributed by atoms with Crippen molar-refractivity contribution >= 4 is 48.4 Å². The van der Waals surface area contributed by atoms with Gasteiger partial charge in [-0.3, -0.25) is 28.5 Å². The SMILES string of the molecule is CC(C(=O)O)c1cccc(OCCCNC2=C(c3ccccc3)S(O)(O)N(C(C)(C)C)C2=O)c1.CC(C)(C)N1C(=O)C(NCCCOc2cccnc2)=C(c2ccccc2)S1(=O)=O. The number of amides is 2. The summed E-state index contributed by atoms with van der Waals surface area (Å²) in [6.07, 6.45) is 4.41. The van der Waals surface area contributed by atoms with E-state index in [1.807, 2.05) is 12.1 Å². The maximum atomic E-state index is 13.2. The number of sulfonamides is 1. The predicted octanol–water partition coefficient (Wildman–Crippen LogP) is 7.69. The monoisotopic (exact) mass is 903 g/mol. The molecule has 1 atom stereocenters. The zero-order valence-corrected chi connectivity index (χ0v) is 38.2. The molecule has 2 aliphatic heterocycles. The number of pyridine rings is 1. The van der Waals surface area contributed by atoms with E-state index < -0.39 is 55.6 Å². The lowest BCUT2D eigenvalue weighted by atomic mass is 10.0. The summed E-state index contributed by atoms with van der Waals surface area (Å²) in [5.41, 5.74) is 0.340. The van der Waals surface area contributed by atoms with Crippen LogP contribution in [0.2, 0.25) is 0 Å². The topological polar surface area (TPSA) is 208 Å². The zero-order valence-electron chi connectivity index (χ0n) is 36.6. The Balaban J connectivity index is 0.000000240. The fraction of sp³-hybridized carbons (Fsp3) is 0.348. The van der Waals surface area contributed by atoms with Crippen LogP contribution in [0.5, 0.6) is 11.5 Å². The molecule has 0 aliphatic carbocycles. The van der Waals surface area contributed by atoms with Gasteiger partial charge in [0.15, 0.2) is 0 Å². The van der Waals surface area contributed by atoms with Gasteiger partial charge >= 0.3 is 5.97 Å². The van der Waals surface area contributed by atoms with Crippen LogP contribution in [0.1, 0.15) is 83.9 Å². The van der Waals surface area contributed by atoms with Crippen molar-refractivity contribution in [2.75, 3.05) is 26.3 Å². The highest BCUT2D eigenvalue weighted by atomic mass is 32.3. The average molecular weight is 904 g/mol. The van der Waals surface area contributed by atoms with Crippen molar-refractivity contribution in [1.29, 1.82) is 0 Å². The molecule has 338 valence electrons. The summed E-state index contributed by atoms with van der Waals surface area (Å²) >= 11 is 0. The fourth-order valence-electron chi connectivity index (χ4n) is 6.91. The van der Waals surface area contributed by atoms with E-state index in [-0.39, 0.29) is 21.2 Å². The summed E-state index contributed by atoms with van der Waals surface area (Å²) in [5.74, 6) is -1.30. The zero-order chi connectivity index (χ0) is 46.2. The summed E-state index contributed by atoms with van der Waals surface area (Å²) in [6, 6.07) is 28.1. The molecule has 2 aliphatic rings. The number of aliphatic carboxylic acids is 1. The van der Waals surface area contributed by atoms with Gasteiger partial charge in [-0.1, -0.05) is 83.6 Å². The third-order valence-electron chi connectivity index (χ3n) is 9.71. The summed E-state index contributed by atoms with van der Waals surface area (Å²) < 4.78 is 62.0. The molecule has 2 amide bonds. The van der Waals surface area contributed by atoms with E-state index in [2.05, 4.69) is 15.6 Å². The molecule has 0 saturated carbocycles. The molecule has 17 heteroatoms. The van der Waals surface area contributed by atoms with E-state index in [9.17, 15) is 37.0 Å². The molecule has 5 N–H and O–H groups in total. The van der Waals surface area contributed by atoms with Crippen molar-refractivity contribution < 1.29 is 46.5 Å². The van der Waals surface area contributed by atoms with Crippen LogP contribution < -0.4 is 20.1 Å². The number of hydrogen-bond donors (Lipinski definition) is 5. The van der Waals surface area contributed by atoms with E-state index in [1.54, 1.807) is 146 Å². The molecule has 1 unspecified atom stereocenters. The van der Waals surface area contributed by atoms with Crippen molar-refractivity contribution in [3.05, 3.63) is 138 Å². The first kappa shape index (κ1) is 48.2. The molecule has 4 aromatic rings. The Labute approximate surface area is 371 Å². The molecular formula is C46H57N5O10S2.